The molecule has 1 aromatic carbocycles. The standard InChI is InChI=1S/C16H18FN3O2/c1-19-13-7-6-11(17)10-12(13)15(21)14(18-19)16(22)20-8-4-2-3-5-9-20/h6-7,10H,2-5,8-9H2,1H3. The van der Waals surface area contributed by atoms with Gasteiger partial charge in [-0.1, -0.05) is 12.8 Å². The minimum absolute atomic E-state index is 0.123. The number of aryl methyl sites for hydroxylation is 1. The van der Waals surface area contributed by atoms with E-state index in [0.717, 1.165) is 25.7 Å². The van der Waals surface area contributed by atoms with Crippen LogP contribution >= 0.6 is 0 Å². The van der Waals surface area contributed by atoms with E-state index in [1.54, 1.807) is 11.9 Å². The Morgan fingerprint density at radius 1 is 1.18 bits per heavy atom. The van der Waals surface area contributed by atoms with Gasteiger partial charge >= 0.3 is 0 Å². The van der Waals surface area contributed by atoms with Crippen molar-refractivity contribution in [1.82, 2.24) is 14.7 Å². The highest BCUT2D eigenvalue weighted by Crippen LogP contribution is 2.14. The molecule has 1 aliphatic heterocycles. The number of rotatable bonds is 1. The molecular formula is C16H18FN3O2. The van der Waals surface area contributed by atoms with Gasteiger partial charge < -0.3 is 4.90 Å². The summed E-state index contributed by atoms with van der Waals surface area (Å²) in [6.45, 7) is 1.29. The highest BCUT2D eigenvalue weighted by Gasteiger charge is 2.23. The van der Waals surface area contributed by atoms with Crippen molar-refractivity contribution in [1.29, 1.82) is 0 Å². The van der Waals surface area contributed by atoms with Crippen LogP contribution in [-0.2, 0) is 7.05 Å². The number of likely N-dealkylation sites (tertiary alicyclic amines) is 1. The van der Waals surface area contributed by atoms with Crippen LogP contribution in [0, 0.1) is 5.82 Å². The Kier molecular flexibility index (Phi) is 3.92. The molecular weight excluding hydrogens is 285 g/mol. The number of fused-ring (bicyclic) bond motifs is 1. The zero-order valence-corrected chi connectivity index (χ0v) is 12.5. The minimum atomic E-state index is -0.498. The largest absolute Gasteiger partial charge is 0.337 e. The molecule has 0 N–H and O–H groups in total. The van der Waals surface area contributed by atoms with E-state index in [4.69, 9.17) is 0 Å². The molecule has 0 saturated carbocycles. The van der Waals surface area contributed by atoms with Crippen LogP contribution in [0.5, 0.6) is 0 Å². The van der Waals surface area contributed by atoms with Gasteiger partial charge in [0.05, 0.1) is 10.9 Å². The third kappa shape index (κ3) is 2.61. The van der Waals surface area contributed by atoms with Crippen molar-refractivity contribution in [2.24, 2.45) is 7.05 Å². The van der Waals surface area contributed by atoms with E-state index < -0.39 is 11.2 Å². The quantitative estimate of drug-likeness (QED) is 0.810. The molecule has 0 bridgehead atoms. The van der Waals surface area contributed by atoms with Crippen molar-refractivity contribution >= 4 is 16.8 Å². The zero-order valence-electron chi connectivity index (χ0n) is 12.5. The van der Waals surface area contributed by atoms with Crippen molar-refractivity contribution in [3.8, 4) is 0 Å². The summed E-state index contributed by atoms with van der Waals surface area (Å²) in [5, 5.41) is 4.32. The Bertz CT molecular complexity index is 777. The first-order chi connectivity index (χ1) is 10.6. The molecule has 1 saturated heterocycles. The maximum atomic E-state index is 13.4. The van der Waals surface area contributed by atoms with E-state index in [2.05, 4.69) is 5.10 Å². The van der Waals surface area contributed by atoms with Crippen LogP contribution in [0.15, 0.2) is 23.0 Å². The van der Waals surface area contributed by atoms with Gasteiger partial charge in [0.1, 0.15) is 5.82 Å². The molecule has 0 atom stereocenters. The lowest BCUT2D eigenvalue weighted by molar-refractivity contribution is 0.0752. The lowest BCUT2D eigenvalue weighted by Crippen LogP contribution is -2.36. The van der Waals surface area contributed by atoms with Crippen LogP contribution in [0.2, 0.25) is 0 Å². The smallest absolute Gasteiger partial charge is 0.278 e. The fraction of sp³-hybridized carbons (Fsp3) is 0.438. The van der Waals surface area contributed by atoms with Crippen LogP contribution in [0.25, 0.3) is 10.9 Å². The number of amides is 1. The number of nitrogens with zero attached hydrogens (tertiary/aromatic N) is 3. The second-order valence-electron chi connectivity index (χ2n) is 5.67. The molecule has 116 valence electrons. The number of carbonyl (C=O) groups is 1. The fourth-order valence-electron chi connectivity index (χ4n) is 2.91. The van der Waals surface area contributed by atoms with E-state index in [9.17, 15) is 14.0 Å². The van der Waals surface area contributed by atoms with Gasteiger partial charge in [0, 0.05) is 20.1 Å². The molecule has 0 spiro atoms. The average molecular weight is 303 g/mol. The molecule has 0 aliphatic carbocycles. The van der Waals surface area contributed by atoms with Crippen LogP contribution in [-0.4, -0.2) is 33.7 Å². The molecule has 6 heteroatoms. The Labute approximate surface area is 127 Å². The molecule has 1 fully saturated rings. The Morgan fingerprint density at radius 3 is 2.55 bits per heavy atom. The molecule has 0 unspecified atom stereocenters. The normalized spacial score (nSPS) is 15.8. The molecule has 2 aromatic rings. The number of benzene rings is 1. The summed E-state index contributed by atoms with van der Waals surface area (Å²) in [6, 6.07) is 3.94. The van der Waals surface area contributed by atoms with E-state index in [1.807, 2.05) is 0 Å². The summed E-state index contributed by atoms with van der Waals surface area (Å²) >= 11 is 0. The average Bonchev–Trinajstić information content (AvgIpc) is 2.79. The molecule has 5 nitrogen and oxygen atoms in total. The van der Waals surface area contributed by atoms with Gasteiger partial charge in [0.15, 0.2) is 5.69 Å². The van der Waals surface area contributed by atoms with Gasteiger partial charge in [0.2, 0.25) is 5.43 Å². The van der Waals surface area contributed by atoms with E-state index in [0.29, 0.717) is 18.6 Å². The first-order valence-electron chi connectivity index (χ1n) is 7.54. The van der Waals surface area contributed by atoms with Crippen LogP contribution in [0.4, 0.5) is 4.39 Å². The second-order valence-corrected chi connectivity index (χ2v) is 5.67. The number of hydrogen-bond acceptors (Lipinski definition) is 3. The van der Waals surface area contributed by atoms with Crippen molar-refractivity contribution in [2.45, 2.75) is 25.7 Å². The lowest BCUT2D eigenvalue weighted by atomic mass is 10.2. The summed E-state index contributed by atoms with van der Waals surface area (Å²) in [6.07, 6.45) is 4.07. The number of halogens is 1. The molecule has 1 aliphatic rings. The number of hydrogen-bond donors (Lipinski definition) is 0. The molecule has 3 rings (SSSR count). The Balaban J connectivity index is 2.08. The third-order valence-corrected chi connectivity index (χ3v) is 4.11. The Hall–Kier alpha value is -2.24. The van der Waals surface area contributed by atoms with Gasteiger partial charge in [0.25, 0.3) is 5.91 Å². The Morgan fingerprint density at radius 2 is 1.86 bits per heavy atom. The summed E-state index contributed by atoms with van der Waals surface area (Å²) in [5.74, 6) is -0.849. The van der Waals surface area contributed by atoms with E-state index in [-0.39, 0.29) is 17.0 Å². The highest BCUT2D eigenvalue weighted by atomic mass is 19.1. The van der Waals surface area contributed by atoms with Crippen molar-refractivity contribution < 1.29 is 9.18 Å². The SMILES string of the molecule is Cn1nc(C(=O)N2CCCCCC2)c(=O)c2cc(F)ccc21. The predicted octanol–water partition coefficient (Wildman–Crippen LogP) is 2.09. The first-order valence-corrected chi connectivity index (χ1v) is 7.54. The number of carbonyl (C=O) groups excluding carboxylic acids is 1. The van der Waals surface area contributed by atoms with Gasteiger partial charge in [-0.25, -0.2) is 4.39 Å². The first kappa shape index (κ1) is 14.7. The van der Waals surface area contributed by atoms with Gasteiger partial charge in [-0.3, -0.25) is 14.3 Å². The maximum Gasteiger partial charge on any atom is 0.278 e. The summed E-state index contributed by atoms with van der Waals surface area (Å²) in [4.78, 5) is 26.8. The second kappa shape index (κ2) is 5.87. The summed E-state index contributed by atoms with van der Waals surface area (Å²) in [7, 11) is 1.65. The molecule has 1 amide bonds. The summed E-state index contributed by atoms with van der Waals surface area (Å²) < 4.78 is 14.9. The van der Waals surface area contributed by atoms with Crippen LogP contribution < -0.4 is 5.43 Å². The summed E-state index contributed by atoms with van der Waals surface area (Å²) in [5.41, 5.74) is -0.108. The molecule has 22 heavy (non-hydrogen) atoms. The zero-order chi connectivity index (χ0) is 15.7. The molecule has 2 heterocycles. The van der Waals surface area contributed by atoms with Crippen molar-refractivity contribution in [2.75, 3.05) is 13.1 Å². The monoisotopic (exact) mass is 303 g/mol. The van der Waals surface area contributed by atoms with Gasteiger partial charge in [-0.05, 0) is 31.0 Å². The lowest BCUT2D eigenvalue weighted by Gasteiger charge is -2.19. The topological polar surface area (TPSA) is 55.2 Å². The fourth-order valence-corrected chi connectivity index (χ4v) is 2.91. The van der Waals surface area contributed by atoms with E-state index in [1.165, 1.54) is 22.9 Å². The van der Waals surface area contributed by atoms with Crippen molar-refractivity contribution in [3.05, 3.63) is 39.9 Å². The van der Waals surface area contributed by atoms with Gasteiger partial charge in [-0.2, -0.15) is 5.10 Å². The van der Waals surface area contributed by atoms with Crippen LogP contribution in [0.1, 0.15) is 36.2 Å². The number of aromatic nitrogens is 2. The maximum absolute atomic E-state index is 13.4. The predicted molar refractivity (Wildman–Crippen MR) is 81.3 cm³/mol. The third-order valence-electron chi connectivity index (χ3n) is 4.11. The molecule has 1 aromatic heterocycles. The van der Waals surface area contributed by atoms with E-state index >= 15 is 0 Å². The van der Waals surface area contributed by atoms with Crippen LogP contribution in [0.3, 0.4) is 0 Å². The van der Waals surface area contributed by atoms with Crippen molar-refractivity contribution in [3.63, 3.8) is 0 Å². The minimum Gasteiger partial charge on any atom is -0.337 e. The highest BCUT2D eigenvalue weighted by molar-refractivity contribution is 5.95. The molecule has 0 radical (unpaired) electrons. The van der Waals surface area contributed by atoms with Gasteiger partial charge in [-0.15, -0.1) is 0 Å².